The van der Waals surface area contributed by atoms with Gasteiger partial charge in [0.15, 0.2) is 0 Å². The van der Waals surface area contributed by atoms with E-state index < -0.39 is 0 Å². The highest BCUT2D eigenvalue weighted by molar-refractivity contribution is 8.06. The number of unbranched alkanes of at least 4 members (excludes halogenated alkanes) is 7. The summed E-state index contributed by atoms with van der Waals surface area (Å²) in [4.78, 5) is 1.65. The minimum Gasteiger partial charge on any atom is -0.133 e. The van der Waals surface area contributed by atoms with Gasteiger partial charge < -0.3 is 0 Å². The average Bonchev–Trinajstić information content (AvgIpc) is 2.46. The van der Waals surface area contributed by atoms with Crippen molar-refractivity contribution in [1.82, 2.24) is 0 Å². The molecule has 0 aliphatic rings. The van der Waals surface area contributed by atoms with Crippen molar-refractivity contribution in [2.24, 2.45) is 0 Å². The van der Waals surface area contributed by atoms with E-state index >= 15 is 0 Å². The topological polar surface area (TPSA) is 0 Å². The quantitative estimate of drug-likeness (QED) is 0.285. The van der Waals surface area contributed by atoms with Crippen molar-refractivity contribution in [1.29, 1.82) is 0 Å². The van der Waals surface area contributed by atoms with E-state index in [0.29, 0.717) is 0 Å². The molecule has 0 heterocycles. The predicted octanol–water partition coefficient (Wildman–Crippen LogP) is 7.65. The van der Waals surface area contributed by atoms with Crippen LogP contribution in [-0.4, -0.2) is 11.5 Å². The van der Waals surface area contributed by atoms with Gasteiger partial charge in [0.25, 0.3) is 0 Å². The molecule has 0 rings (SSSR count). The van der Waals surface area contributed by atoms with Gasteiger partial charge in [-0.2, -0.15) is 0 Å². The lowest BCUT2D eigenvalue weighted by molar-refractivity contribution is 0.610. The first-order valence-electron chi connectivity index (χ1n) is 8.78. The zero-order chi connectivity index (χ0) is 14.9. The zero-order valence-corrected chi connectivity index (χ0v) is 15.7. The lowest BCUT2D eigenvalue weighted by atomic mass is 10.1. The first-order valence-corrected chi connectivity index (χ1v) is 10.8. The van der Waals surface area contributed by atoms with Crippen LogP contribution in [0.4, 0.5) is 0 Å². The SMILES string of the molecule is CCCCCCCC/C(=C/SCCCC)SCCCC. The van der Waals surface area contributed by atoms with Crippen LogP contribution in [0.3, 0.4) is 0 Å². The largest absolute Gasteiger partial charge is 0.133 e. The van der Waals surface area contributed by atoms with Crippen molar-refractivity contribution in [3.05, 3.63) is 10.3 Å². The molecule has 0 radical (unpaired) electrons. The standard InChI is InChI=1S/C18H36S2/c1-4-7-10-11-12-13-14-18(20-16-9-6-3)17-19-15-8-5-2/h17H,4-16H2,1-3H3/b18-17-. The van der Waals surface area contributed by atoms with Crippen LogP contribution in [0, 0.1) is 0 Å². The highest BCUT2D eigenvalue weighted by atomic mass is 32.2. The maximum Gasteiger partial charge on any atom is -0.00232 e. The molecule has 0 aromatic heterocycles. The van der Waals surface area contributed by atoms with Gasteiger partial charge in [0, 0.05) is 0 Å². The number of thioether (sulfide) groups is 2. The van der Waals surface area contributed by atoms with E-state index in [-0.39, 0.29) is 0 Å². The van der Waals surface area contributed by atoms with Crippen molar-refractivity contribution >= 4 is 23.5 Å². The monoisotopic (exact) mass is 316 g/mol. The highest BCUT2D eigenvalue weighted by Gasteiger charge is 2.00. The Labute approximate surface area is 136 Å². The number of rotatable bonds is 15. The third-order valence-corrected chi connectivity index (χ3v) is 5.70. The third kappa shape index (κ3) is 14.8. The van der Waals surface area contributed by atoms with Gasteiger partial charge in [0.2, 0.25) is 0 Å². The van der Waals surface area contributed by atoms with Gasteiger partial charge in [-0.15, -0.1) is 23.5 Å². The summed E-state index contributed by atoms with van der Waals surface area (Å²) in [6.07, 6.45) is 15.1. The Morgan fingerprint density at radius 3 is 2.00 bits per heavy atom. The van der Waals surface area contributed by atoms with Crippen LogP contribution in [0.1, 0.15) is 91.4 Å². The Balaban J connectivity index is 3.78. The van der Waals surface area contributed by atoms with Gasteiger partial charge in [0.05, 0.1) is 0 Å². The van der Waals surface area contributed by atoms with Crippen LogP contribution in [-0.2, 0) is 0 Å². The van der Waals surface area contributed by atoms with E-state index in [1.54, 1.807) is 4.91 Å². The summed E-state index contributed by atoms with van der Waals surface area (Å²) in [7, 11) is 0. The highest BCUT2D eigenvalue weighted by Crippen LogP contribution is 2.27. The maximum atomic E-state index is 2.46. The van der Waals surface area contributed by atoms with Gasteiger partial charge in [-0.3, -0.25) is 0 Å². The van der Waals surface area contributed by atoms with E-state index in [4.69, 9.17) is 0 Å². The molecule has 0 atom stereocenters. The normalized spacial score (nSPS) is 12.1. The molecule has 0 fully saturated rings. The van der Waals surface area contributed by atoms with E-state index in [9.17, 15) is 0 Å². The number of hydrogen-bond donors (Lipinski definition) is 0. The number of hydrogen-bond acceptors (Lipinski definition) is 2. The molecule has 0 aliphatic carbocycles. The van der Waals surface area contributed by atoms with E-state index in [1.165, 1.54) is 82.1 Å². The Hall–Kier alpha value is 0.440. The van der Waals surface area contributed by atoms with Crippen LogP contribution in [0.15, 0.2) is 10.3 Å². The third-order valence-electron chi connectivity index (χ3n) is 3.39. The van der Waals surface area contributed by atoms with Crippen LogP contribution in [0.5, 0.6) is 0 Å². The fraction of sp³-hybridized carbons (Fsp3) is 0.889. The second kappa shape index (κ2) is 17.5. The first-order chi connectivity index (χ1) is 9.85. The van der Waals surface area contributed by atoms with Crippen LogP contribution in [0.2, 0.25) is 0 Å². The summed E-state index contributed by atoms with van der Waals surface area (Å²) < 4.78 is 0. The van der Waals surface area contributed by atoms with Crippen molar-refractivity contribution in [3.63, 3.8) is 0 Å². The summed E-state index contributed by atoms with van der Waals surface area (Å²) in [6.45, 7) is 6.85. The molecule has 0 spiro atoms. The Kier molecular flexibility index (Phi) is 17.9. The molecule has 0 saturated carbocycles. The predicted molar refractivity (Wildman–Crippen MR) is 101 cm³/mol. The molecular formula is C18H36S2. The van der Waals surface area contributed by atoms with Crippen LogP contribution >= 0.6 is 23.5 Å². The second-order valence-electron chi connectivity index (χ2n) is 5.53. The summed E-state index contributed by atoms with van der Waals surface area (Å²) >= 11 is 4.15. The van der Waals surface area contributed by atoms with E-state index in [2.05, 4.69) is 37.9 Å². The molecule has 0 aliphatic heterocycles. The fourth-order valence-electron chi connectivity index (χ4n) is 1.97. The second-order valence-corrected chi connectivity index (χ2v) is 7.73. The summed E-state index contributed by atoms with van der Waals surface area (Å²) in [6, 6.07) is 0. The summed E-state index contributed by atoms with van der Waals surface area (Å²) in [5, 5.41) is 2.46. The van der Waals surface area contributed by atoms with Crippen LogP contribution < -0.4 is 0 Å². The molecule has 120 valence electrons. The Bertz CT molecular complexity index is 211. The van der Waals surface area contributed by atoms with E-state index in [0.717, 1.165) is 0 Å². The lowest BCUT2D eigenvalue weighted by Gasteiger charge is -2.07. The zero-order valence-electron chi connectivity index (χ0n) is 14.1. The van der Waals surface area contributed by atoms with E-state index in [1.807, 2.05) is 11.8 Å². The number of allylic oxidation sites excluding steroid dienone is 1. The molecule has 20 heavy (non-hydrogen) atoms. The van der Waals surface area contributed by atoms with Gasteiger partial charge in [-0.1, -0.05) is 65.7 Å². The van der Waals surface area contributed by atoms with Crippen molar-refractivity contribution in [2.75, 3.05) is 11.5 Å². The minimum atomic E-state index is 1.30. The molecule has 0 bridgehead atoms. The van der Waals surface area contributed by atoms with Crippen molar-refractivity contribution in [2.45, 2.75) is 91.4 Å². The van der Waals surface area contributed by atoms with Gasteiger partial charge in [-0.05, 0) is 47.5 Å². The van der Waals surface area contributed by atoms with Gasteiger partial charge in [0.1, 0.15) is 0 Å². The summed E-state index contributed by atoms with van der Waals surface area (Å²) in [5.41, 5.74) is 0. The molecule has 0 amide bonds. The lowest BCUT2D eigenvalue weighted by Crippen LogP contribution is -1.85. The molecule has 0 unspecified atom stereocenters. The van der Waals surface area contributed by atoms with Gasteiger partial charge >= 0.3 is 0 Å². The molecule has 0 aromatic rings. The Morgan fingerprint density at radius 2 is 1.30 bits per heavy atom. The molecule has 0 aromatic carbocycles. The first kappa shape index (κ1) is 20.4. The van der Waals surface area contributed by atoms with Crippen molar-refractivity contribution < 1.29 is 0 Å². The maximum absolute atomic E-state index is 2.46. The summed E-state index contributed by atoms with van der Waals surface area (Å²) in [5.74, 6) is 2.61. The van der Waals surface area contributed by atoms with Crippen molar-refractivity contribution in [3.8, 4) is 0 Å². The molecule has 0 N–H and O–H groups in total. The minimum absolute atomic E-state index is 1.30. The fourth-order valence-corrected chi connectivity index (χ4v) is 4.31. The average molecular weight is 317 g/mol. The molecule has 2 heteroatoms. The molecular weight excluding hydrogens is 280 g/mol. The van der Waals surface area contributed by atoms with Gasteiger partial charge in [-0.25, -0.2) is 0 Å². The smallest absolute Gasteiger partial charge is 0.00232 e. The Morgan fingerprint density at radius 1 is 0.700 bits per heavy atom. The molecule has 0 saturated heterocycles. The molecule has 0 nitrogen and oxygen atoms in total. The van der Waals surface area contributed by atoms with Crippen LogP contribution in [0.25, 0.3) is 0 Å².